The van der Waals surface area contributed by atoms with Crippen LogP contribution in [0.2, 0.25) is 0 Å². The van der Waals surface area contributed by atoms with Crippen LogP contribution in [0.3, 0.4) is 0 Å². The molecular formula is C10H14N2. The average Bonchev–Trinajstić information content (AvgIpc) is 2.05. The van der Waals surface area contributed by atoms with Crippen molar-refractivity contribution in [3.63, 3.8) is 0 Å². The van der Waals surface area contributed by atoms with Crippen molar-refractivity contribution in [2.45, 2.75) is 20.3 Å². The Kier molecular flexibility index (Phi) is 2.48. The van der Waals surface area contributed by atoms with E-state index in [1.807, 2.05) is 19.2 Å². The molecule has 1 aromatic heterocycles. The lowest BCUT2D eigenvalue weighted by atomic mass is 10.1. The van der Waals surface area contributed by atoms with Gasteiger partial charge in [0.05, 0.1) is 0 Å². The summed E-state index contributed by atoms with van der Waals surface area (Å²) in [7, 11) is 0. The second kappa shape index (κ2) is 3.39. The highest BCUT2D eigenvalue weighted by molar-refractivity contribution is 5.70. The van der Waals surface area contributed by atoms with Crippen LogP contribution in [0.4, 0.5) is 5.82 Å². The minimum Gasteiger partial charge on any atom is -0.383 e. The normalized spacial score (nSPS) is 9.83. The molecule has 0 spiro atoms. The van der Waals surface area contributed by atoms with E-state index in [-0.39, 0.29) is 0 Å². The Hall–Kier alpha value is -1.31. The van der Waals surface area contributed by atoms with Crippen molar-refractivity contribution in [3.05, 3.63) is 30.0 Å². The van der Waals surface area contributed by atoms with Gasteiger partial charge in [0, 0.05) is 11.8 Å². The van der Waals surface area contributed by atoms with E-state index in [1.54, 1.807) is 0 Å². The van der Waals surface area contributed by atoms with E-state index in [0.29, 0.717) is 5.82 Å². The van der Waals surface area contributed by atoms with E-state index < -0.39 is 0 Å². The van der Waals surface area contributed by atoms with Crippen LogP contribution in [0.25, 0.3) is 5.57 Å². The zero-order valence-corrected chi connectivity index (χ0v) is 7.59. The quantitative estimate of drug-likeness (QED) is 0.724. The number of aryl methyl sites for hydroxylation is 1. The third kappa shape index (κ3) is 1.64. The summed E-state index contributed by atoms with van der Waals surface area (Å²) in [5, 5.41) is 0. The lowest BCUT2D eigenvalue weighted by Gasteiger charge is -2.05. The van der Waals surface area contributed by atoms with Gasteiger partial charge in [0.2, 0.25) is 0 Å². The molecule has 0 aliphatic rings. The number of allylic oxidation sites excluding steroid dienone is 1. The first kappa shape index (κ1) is 8.78. The molecule has 0 saturated carbocycles. The van der Waals surface area contributed by atoms with Crippen LogP contribution in [-0.2, 0) is 6.42 Å². The second-order valence-corrected chi connectivity index (χ2v) is 2.91. The van der Waals surface area contributed by atoms with E-state index >= 15 is 0 Å². The molecule has 2 N–H and O–H groups in total. The molecule has 2 heteroatoms. The monoisotopic (exact) mass is 162 g/mol. The summed E-state index contributed by atoms with van der Waals surface area (Å²) in [6.07, 6.45) is 2.79. The maximum Gasteiger partial charge on any atom is 0.130 e. The molecular weight excluding hydrogens is 148 g/mol. The fourth-order valence-corrected chi connectivity index (χ4v) is 1.05. The molecule has 0 atom stereocenters. The van der Waals surface area contributed by atoms with Gasteiger partial charge in [0.1, 0.15) is 5.82 Å². The van der Waals surface area contributed by atoms with E-state index in [1.165, 1.54) is 5.56 Å². The van der Waals surface area contributed by atoms with Gasteiger partial charge in [-0.3, -0.25) is 0 Å². The molecule has 0 fully saturated rings. The van der Waals surface area contributed by atoms with Gasteiger partial charge in [-0.1, -0.05) is 13.5 Å². The maximum absolute atomic E-state index is 5.67. The van der Waals surface area contributed by atoms with Gasteiger partial charge in [-0.15, -0.1) is 0 Å². The van der Waals surface area contributed by atoms with E-state index in [0.717, 1.165) is 17.6 Å². The zero-order chi connectivity index (χ0) is 9.14. The molecule has 0 bridgehead atoms. The number of rotatable bonds is 2. The number of anilines is 1. The Labute approximate surface area is 73.1 Å². The Balaban J connectivity index is 3.17. The van der Waals surface area contributed by atoms with Crippen LogP contribution in [0.1, 0.15) is 25.0 Å². The predicted molar refractivity (Wildman–Crippen MR) is 52.7 cm³/mol. The first-order valence-corrected chi connectivity index (χ1v) is 4.05. The minimum absolute atomic E-state index is 0.569. The van der Waals surface area contributed by atoms with Crippen LogP contribution in [-0.4, -0.2) is 4.98 Å². The van der Waals surface area contributed by atoms with Gasteiger partial charge >= 0.3 is 0 Å². The third-order valence-electron chi connectivity index (χ3n) is 1.84. The van der Waals surface area contributed by atoms with Gasteiger partial charge in [-0.05, 0) is 30.5 Å². The molecule has 0 saturated heterocycles. The summed E-state index contributed by atoms with van der Waals surface area (Å²) in [6, 6.07) is 2.05. The van der Waals surface area contributed by atoms with Crippen molar-refractivity contribution in [2.24, 2.45) is 0 Å². The zero-order valence-electron chi connectivity index (χ0n) is 7.59. The van der Waals surface area contributed by atoms with Crippen molar-refractivity contribution in [2.75, 3.05) is 5.73 Å². The fraction of sp³-hybridized carbons (Fsp3) is 0.300. The van der Waals surface area contributed by atoms with E-state index in [4.69, 9.17) is 5.73 Å². The Morgan fingerprint density at radius 3 is 2.83 bits per heavy atom. The molecule has 64 valence electrons. The Bertz CT molecular complexity index is 303. The predicted octanol–water partition coefficient (Wildman–Crippen LogP) is 2.26. The number of nitrogens with zero attached hydrogens (tertiary/aromatic N) is 1. The molecule has 1 aromatic rings. The minimum atomic E-state index is 0.569. The lowest BCUT2D eigenvalue weighted by molar-refractivity contribution is 1.10. The number of pyridine rings is 1. The highest BCUT2D eigenvalue weighted by Gasteiger charge is 2.01. The van der Waals surface area contributed by atoms with Gasteiger partial charge in [-0.2, -0.15) is 0 Å². The highest BCUT2D eigenvalue weighted by atomic mass is 14.8. The van der Waals surface area contributed by atoms with Crippen molar-refractivity contribution in [3.8, 4) is 0 Å². The van der Waals surface area contributed by atoms with E-state index in [2.05, 4.69) is 18.5 Å². The molecule has 0 unspecified atom stereocenters. The summed E-state index contributed by atoms with van der Waals surface area (Å²) >= 11 is 0. The molecule has 12 heavy (non-hydrogen) atoms. The first-order chi connectivity index (χ1) is 5.65. The molecule has 0 radical (unpaired) electrons. The molecule has 0 amide bonds. The summed E-state index contributed by atoms with van der Waals surface area (Å²) in [5.74, 6) is 0.569. The fourth-order valence-electron chi connectivity index (χ4n) is 1.05. The van der Waals surface area contributed by atoms with Crippen LogP contribution in [0.5, 0.6) is 0 Å². The highest BCUT2D eigenvalue weighted by Crippen LogP contribution is 2.18. The van der Waals surface area contributed by atoms with E-state index in [9.17, 15) is 0 Å². The van der Waals surface area contributed by atoms with Gasteiger partial charge in [0.15, 0.2) is 0 Å². The third-order valence-corrected chi connectivity index (χ3v) is 1.84. The maximum atomic E-state index is 5.67. The molecule has 1 rings (SSSR count). The van der Waals surface area contributed by atoms with Gasteiger partial charge in [0.25, 0.3) is 0 Å². The van der Waals surface area contributed by atoms with Crippen LogP contribution >= 0.6 is 0 Å². The Morgan fingerprint density at radius 2 is 2.33 bits per heavy atom. The topological polar surface area (TPSA) is 38.9 Å². The molecule has 2 nitrogen and oxygen atoms in total. The largest absolute Gasteiger partial charge is 0.383 e. The smallest absolute Gasteiger partial charge is 0.130 e. The number of aromatic nitrogens is 1. The van der Waals surface area contributed by atoms with Crippen LogP contribution in [0, 0.1) is 0 Å². The number of nitrogen functional groups attached to an aromatic ring is 1. The molecule has 0 aliphatic carbocycles. The Morgan fingerprint density at radius 1 is 1.67 bits per heavy atom. The SMILES string of the molecule is C=C(C)c1cc(CC)cnc1N. The number of hydrogen-bond donors (Lipinski definition) is 1. The first-order valence-electron chi connectivity index (χ1n) is 4.05. The van der Waals surface area contributed by atoms with Crippen molar-refractivity contribution < 1.29 is 0 Å². The summed E-state index contributed by atoms with van der Waals surface area (Å²) in [6.45, 7) is 7.87. The van der Waals surface area contributed by atoms with Crippen molar-refractivity contribution >= 4 is 11.4 Å². The number of nitrogens with two attached hydrogens (primary N) is 1. The van der Waals surface area contributed by atoms with Crippen LogP contribution < -0.4 is 5.73 Å². The summed E-state index contributed by atoms with van der Waals surface area (Å²) in [5.41, 5.74) is 8.80. The molecule has 1 heterocycles. The molecule has 0 aromatic carbocycles. The van der Waals surface area contributed by atoms with Gasteiger partial charge in [-0.25, -0.2) is 4.98 Å². The number of hydrogen-bond acceptors (Lipinski definition) is 2. The molecule has 0 aliphatic heterocycles. The van der Waals surface area contributed by atoms with Crippen LogP contribution in [0.15, 0.2) is 18.8 Å². The summed E-state index contributed by atoms with van der Waals surface area (Å²) in [4.78, 5) is 4.09. The standard InChI is InChI=1S/C10H14N2/c1-4-8-5-9(7(2)3)10(11)12-6-8/h5-6H,2,4H2,1,3H3,(H2,11,12). The van der Waals surface area contributed by atoms with Gasteiger partial charge < -0.3 is 5.73 Å². The second-order valence-electron chi connectivity index (χ2n) is 2.91. The summed E-state index contributed by atoms with van der Waals surface area (Å²) < 4.78 is 0. The van der Waals surface area contributed by atoms with Crippen molar-refractivity contribution in [1.82, 2.24) is 4.98 Å². The van der Waals surface area contributed by atoms with Crippen molar-refractivity contribution in [1.29, 1.82) is 0 Å². The average molecular weight is 162 g/mol. The lowest BCUT2D eigenvalue weighted by Crippen LogP contribution is -1.97.